The molecule has 0 saturated heterocycles. The van der Waals surface area contributed by atoms with Crippen LogP contribution in [0.2, 0.25) is 0 Å². The minimum absolute atomic E-state index is 0.270. The number of carbonyl (C=O) groups is 1. The van der Waals surface area contributed by atoms with Gasteiger partial charge in [-0.1, -0.05) is 23.4 Å². The predicted molar refractivity (Wildman–Crippen MR) is 82.8 cm³/mol. The molecular weight excluding hydrogens is 280 g/mol. The van der Waals surface area contributed by atoms with Crippen molar-refractivity contribution < 1.29 is 9.32 Å². The van der Waals surface area contributed by atoms with E-state index in [0.717, 1.165) is 21.8 Å². The zero-order valence-corrected chi connectivity index (χ0v) is 11.8. The molecule has 1 amide bonds. The van der Waals surface area contributed by atoms with Crippen LogP contribution in [0.4, 0.5) is 5.82 Å². The van der Waals surface area contributed by atoms with Gasteiger partial charge in [-0.3, -0.25) is 9.78 Å². The van der Waals surface area contributed by atoms with Crippen molar-refractivity contribution in [3.8, 4) is 0 Å². The Labute approximate surface area is 125 Å². The Morgan fingerprint density at radius 1 is 1.23 bits per heavy atom. The molecule has 0 aliphatic heterocycles. The number of aryl methyl sites for hydroxylation is 1. The highest BCUT2D eigenvalue weighted by atomic mass is 16.5. The first-order valence-corrected chi connectivity index (χ1v) is 6.82. The standard InChI is InChI=1S/C16H12N4O2/c1-9-7-13(20-22-9)19-16(21)12-8-11-5-4-10-3-2-6-17-14(10)15(11)18-12/h2-8,18H,1H3,(H,19,20,21). The molecule has 0 saturated carbocycles. The Morgan fingerprint density at radius 2 is 2.09 bits per heavy atom. The first kappa shape index (κ1) is 12.6. The minimum Gasteiger partial charge on any atom is -0.360 e. The molecule has 6 nitrogen and oxygen atoms in total. The van der Waals surface area contributed by atoms with Crippen LogP contribution in [0.3, 0.4) is 0 Å². The molecule has 0 radical (unpaired) electrons. The number of pyridine rings is 1. The number of amides is 1. The van der Waals surface area contributed by atoms with Gasteiger partial charge in [0, 0.05) is 23.0 Å². The highest BCUT2D eigenvalue weighted by molar-refractivity contribution is 6.10. The van der Waals surface area contributed by atoms with Gasteiger partial charge in [0.2, 0.25) is 0 Å². The number of rotatable bonds is 2. The van der Waals surface area contributed by atoms with Crippen LogP contribution in [0.25, 0.3) is 21.8 Å². The van der Waals surface area contributed by atoms with Crippen molar-refractivity contribution in [2.75, 3.05) is 5.32 Å². The average molecular weight is 292 g/mol. The van der Waals surface area contributed by atoms with E-state index in [-0.39, 0.29) is 5.91 Å². The molecule has 3 heterocycles. The number of nitrogens with zero attached hydrogens (tertiary/aromatic N) is 2. The number of H-pyrrole nitrogens is 1. The second-order valence-corrected chi connectivity index (χ2v) is 5.06. The molecule has 3 aromatic heterocycles. The van der Waals surface area contributed by atoms with Crippen LogP contribution in [0, 0.1) is 6.92 Å². The van der Waals surface area contributed by atoms with Crippen molar-refractivity contribution in [1.82, 2.24) is 15.1 Å². The molecule has 2 N–H and O–H groups in total. The molecule has 4 rings (SSSR count). The molecule has 108 valence electrons. The van der Waals surface area contributed by atoms with E-state index in [1.54, 1.807) is 25.3 Å². The average Bonchev–Trinajstić information content (AvgIpc) is 3.13. The normalized spacial score (nSPS) is 11.1. The Balaban J connectivity index is 1.75. The van der Waals surface area contributed by atoms with Crippen LogP contribution in [-0.2, 0) is 0 Å². The SMILES string of the molecule is Cc1cc(NC(=O)c2cc3ccc4cccnc4c3[nH]2)no1. The molecule has 0 spiro atoms. The van der Waals surface area contributed by atoms with Crippen molar-refractivity contribution in [3.05, 3.63) is 54.0 Å². The van der Waals surface area contributed by atoms with Crippen molar-refractivity contribution in [1.29, 1.82) is 0 Å². The van der Waals surface area contributed by atoms with Crippen molar-refractivity contribution >= 4 is 33.5 Å². The lowest BCUT2D eigenvalue weighted by Crippen LogP contribution is -2.12. The molecule has 0 aliphatic rings. The van der Waals surface area contributed by atoms with Crippen molar-refractivity contribution in [2.45, 2.75) is 6.92 Å². The third-order valence-electron chi connectivity index (χ3n) is 3.48. The predicted octanol–water partition coefficient (Wildman–Crippen LogP) is 3.26. The minimum atomic E-state index is -0.270. The van der Waals surface area contributed by atoms with Gasteiger partial charge in [0.25, 0.3) is 5.91 Å². The second-order valence-electron chi connectivity index (χ2n) is 5.06. The largest absolute Gasteiger partial charge is 0.360 e. The number of benzene rings is 1. The van der Waals surface area contributed by atoms with E-state index in [4.69, 9.17) is 4.52 Å². The zero-order chi connectivity index (χ0) is 15.1. The van der Waals surface area contributed by atoms with E-state index < -0.39 is 0 Å². The summed E-state index contributed by atoms with van der Waals surface area (Å²) in [5, 5.41) is 8.41. The quantitative estimate of drug-likeness (QED) is 0.594. The fourth-order valence-electron chi connectivity index (χ4n) is 2.47. The Hall–Kier alpha value is -3.15. The van der Waals surface area contributed by atoms with Crippen LogP contribution >= 0.6 is 0 Å². The van der Waals surface area contributed by atoms with E-state index in [0.29, 0.717) is 17.3 Å². The molecule has 6 heteroatoms. The summed E-state index contributed by atoms with van der Waals surface area (Å²) in [5.41, 5.74) is 2.14. The summed E-state index contributed by atoms with van der Waals surface area (Å²) in [6.07, 6.45) is 1.74. The van der Waals surface area contributed by atoms with E-state index in [2.05, 4.69) is 20.4 Å². The summed E-state index contributed by atoms with van der Waals surface area (Å²) in [6, 6.07) is 11.3. The topological polar surface area (TPSA) is 83.8 Å². The van der Waals surface area contributed by atoms with E-state index >= 15 is 0 Å². The molecule has 0 unspecified atom stereocenters. The molecule has 0 bridgehead atoms. The summed E-state index contributed by atoms with van der Waals surface area (Å²) in [4.78, 5) is 19.8. The third kappa shape index (κ3) is 2.01. The van der Waals surface area contributed by atoms with E-state index in [1.807, 2.05) is 24.3 Å². The number of anilines is 1. The number of hydrogen-bond acceptors (Lipinski definition) is 4. The molecule has 0 fully saturated rings. The van der Waals surface area contributed by atoms with Gasteiger partial charge in [-0.2, -0.15) is 0 Å². The maximum absolute atomic E-state index is 12.3. The number of hydrogen-bond donors (Lipinski definition) is 2. The lowest BCUT2D eigenvalue weighted by Gasteiger charge is -1.98. The summed E-state index contributed by atoms with van der Waals surface area (Å²) in [7, 11) is 0. The van der Waals surface area contributed by atoms with Gasteiger partial charge < -0.3 is 14.8 Å². The summed E-state index contributed by atoms with van der Waals surface area (Å²) in [5.74, 6) is 0.764. The van der Waals surface area contributed by atoms with Gasteiger partial charge >= 0.3 is 0 Å². The maximum atomic E-state index is 12.3. The van der Waals surface area contributed by atoms with Crippen LogP contribution in [0.1, 0.15) is 16.2 Å². The van der Waals surface area contributed by atoms with Crippen LogP contribution in [0.15, 0.2) is 47.1 Å². The maximum Gasteiger partial charge on any atom is 0.273 e. The number of carbonyl (C=O) groups excluding carboxylic acids is 1. The van der Waals surface area contributed by atoms with Crippen LogP contribution in [0.5, 0.6) is 0 Å². The molecule has 4 aromatic rings. The molecule has 0 aliphatic carbocycles. The van der Waals surface area contributed by atoms with Crippen molar-refractivity contribution in [3.63, 3.8) is 0 Å². The van der Waals surface area contributed by atoms with Gasteiger partial charge in [-0.05, 0) is 19.1 Å². The van der Waals surface area contributed by atoms with Gasteiger partial charge in [-0.25, -0.2) is 0 Å². The molecule has 1 aromatic carbocycles. The monoisotopic (exact) mass is 292 g/mol. The van der Waals surface area contributed by atoms with Gasteiger partial charge in [0.05, 0.1) is 11.0 Å². The smallest absolute Gasteiger partial charge is 0.273 e. The summed E-state index contributed by atoms with van der Waals surface area (Å²) in [6.45, 7) is 1.77. The van der Waals surface area contributed by atoms with Gasteiger partial charge in [0.15, 0.2) is 5.82 Å². The Kier molecular flexibility index (Phi) is 2.69. The molecule has 22 heavy (non-hydrogen) atoms. The van der Waals surface area contributed by atoms with Gasteiger partial charge in [-0.15, -0.1) is 0 Å². The summed E-state index contributed by atoms with van der Waals surface area (Å²) < 4.78 is 4.93. The fraction of sp³-hybridized carbons (Fsp3) is 0.0625. The molecular formula is C16H12N4O2. The molecule has 0 atom stereocenters. The number of fused-ring (bicyclic) bond motifs is 3. The summed E-state index contributed by atoms with van der Waals surface area (Å²) >= 11 is 0. The van der Waals surface area contributed by atoms with Crippen LogP contribution < -0.4 is 5.32 Å². The van der Waals surface area contributed by atoms with E-state index in [9.17, 15) is 4.79 Å². The zero-order valence-electron chi connectivity index (χ0n) is 11.8. The van der Waals surface area contributed by atoms with Gasteiger partial charge in [0.1, 0.15) is 11.5 Å². The number of nitrogens with one attached hydrogen (secondary N) is 2. The van der Waals surface area contributed by atoms with E-state index in [1.165, 1.54) is 0 Å². The highest BCUT2D eigenvalue weighted by Crippen LogP contribution is 2.24. The first-order valence-electron chi connectivity index (χ1n) is 6.82. The Bertz CT molecular complexity index is 1000. The number of aromatic nitrogens is 3. The second kappa shape index (κ2) is 4.70. The first-order chi connectivity index (χ1) is 10.7. The van der Waals surface area contributed by atoms with Crippen molar-refractivity contribution in [2.24, 2.45) is 0 Å². The lowest BCUT2D eigenvalue weighted by molar-refractivity contribution is 0.102. The fourth-order valence-corrected chi connectivity index (χ4v) is 2.47. The lowest BCUT2D eigenvalue weighted by atomic mass is 10.1. The Morgan fingerprint density at radius 3 is 2.91 bits per heavy atom. The third-order valence-corrected chi connectivity index (χ3v) is 3.48. The highest BCUT2D eigenvalue weighted by Gasteiger charge is 2.13. The van der Waals surface area contributed by atoms with Crippen LogP contribution in [-0.4, -0.2) is 21.0 Å². The number of aromatic amines is 1.